The van der Waals surface area contributed by atoms with Crippen molar-refractivity contribution >= 4 is 0 Å². The van der Waals surface area contributed by atoms with Gasteiger partial charge in [-0.2, -0.15) is 0 Å². The molecule has 1 saturated carbocycles. The highest BCUT2D eigenvalue weighted by Crippen LogP contribution is 2.45. The predicted octanol–water partition coefficient (Wildman–Crippen LogP) is 2.74. The maximum Gasteiger partial charge on any atom is 0.165 e. The molecule has 1 fully saturated rings. The third-order valence-electron chi connectivity index (χ3n) is 3.74. The van der Waals surface area contributed by atoms with Gasteiger partial charge in [0, 0.05) is 17.5 Å². The van der Waals surface area contributed by atoms with Crippen LogP contribution in [-0.4, -0.2) is 13.7 Å². The maximum atomic E-state index is 14.0. The van der Waals surface area contributed by atoms with E-state index in [0.717, 1.165) is 37.8 Å². The Bertz CT molecular complexity index is 414. The lowest BCUT2D eigenvalue weighted by molar-refractivity contribution is 0.344. The summed E-state index contributed by atoms with van der Waals surface area (Å²) in [6.45, 7) is 0.323. The molecule has 0 heterocycles. The molecule has 2 rings (SSSR count). The summed E-state index contributed by atoms with van der Waals surface area (Å²) in [6.07, 6.45) is 3.58. The molecule has 94 valence electrons. The highest BCUT2D eigenvalue weighted by molar-refractivity contribution is 5.43. The lowest BCUT2D eigenvalue weighted by Gasteiger charge is -2.30. The second kappa shape index (κ2) is 4.61. The molecule has 0 atom stereocenters. The first kappa shape index (κ1) is 12.3. The van der Waals surface area contributed by atoms with Crippen LogP contribution >= 0.6 is 0 Å². The molecule has 4 heteroatoms. The fraction of sp³-hybridized carbons (Fsp3) is 0.538. The zero-order valence-corrected chi connectivity index (χ0v) is 9.93. The van der Waals surface area contributed by atoms with E-state index in [1.165, 1.54) is 7.11 Å². The zero-order valence-electron chi connectivity index (χ0n) is 9.93. The van der Waals surface area contributed by atoms with Crippen molar-refractivity contribution in [3.05, 3.63) is 29.3 Å². The fourth-order valence-corrected chi connectivity index (χ4v) is 2.83. The van der Waals surface area contributed by atoms with Crippen LogP contribution in [0.5, 0.6) is 5.75 Å². The Labute approximate surface area is 99.8 Å². The van der Waals surface area contributed by atoms with Crippen LogP contribution in [0.2, 0.25) is 0 Å². The predicted molar refractivity (Wildman–Crippen MR) is 62.1 cm³/mol. The molecular formula is C13H17F2NO. The van der Waals surface area contributed by atoms with Crippen molar-refractivity contribution in [2.45, 2.75) is 31.1 Å². The number of methoxy groups -OCH3 is 1. The lowest BCUT2D eigenvalue weighted by Crippen LogP contribution is -2.33. The van der Waals surface area contributed by atoms with Gasteiger partial charge in [0.05, 0.1) is 7.11 Å². The second-order valence-corrected chi connectivity index (χ2v) is 4.63. The van der Waals surface area contributed by atoms with E-state index in [4.69, 9.17) is 10.5 Å². The molecule has 0 saturated heterocycles. The van der Waals surface area contributed by atoms with Crippen molar-refractivity contribution in [1.29, 1.82) is 0 Å². The van der Waals surface area contributed by atoms with Crippen LogP contribution in [0.1, 0.15) is 31.2 Å². The second-order valence-electron chi connectivity index (χ2n) is 4.63. The first-order valence-corrected chi connectivity index (χ1v) is 5.87. The number of hydrogen-bond donors (Lipinski definition) is 1. The molecule has 1 aliphatic rings. The van der Waals surface area contributed by atoms with Gasteiger partial charge in [-0.1, -0.05) is 12.8 Å². The number of ether oxygens (including phenoxy) is 1. The molecule has 1 aromatic rings. The summed E-state index contributed by atoms with van der Waals surface area (Å²) < 4.78 is 32.7. The number of halogens is 2. The minimum atomic E-state index is -0.524. The topological polar surface area (TPSA) is 35.2 Å². The van der Waals surface area contributed by atoms with Gasteiger partial charge >= 0.3 is 0 Å². The van der Waals surface area contributed by atoms with E-state index < -0.39 is 17.0 Å². The normalized spacial score (nSPS) is 18.4. The molecule has 17 heavy (non-hydrogen) atoms. The van der Waals surface area contributed by atoms with Crippen LogP contribution < -0.4 is 10.5 Å². The standard InChI is InChI=1S/C13H17F2NO/c1-17-12-10(15)5-4-9(14)11(12)13(8-16)6-2-3-7-13/h4-5H,2-3,6-8,16H2,1H3. The van der Waals surface area contributed by atoms with Crippen molar-refractivity contribution < 1.29 is 13.5 Å². The summed E-state index contributed by atoms with van der Waals surface area (Å²) in [6, 6.07) is 2.25. The minimum Gasteiger partial charge on any atom is -0.493 e. The first-order valence-electron chi connectivity index (χ1n) is 5.87. The van der Waals surface area contributed by atoms with E-state index in [9.17, 15) is 8.78 Å². The number of hydrogen-bond acceptors (Lipinski definition) is 2. The number of benzene rings is 1. The van der Waals surface area contributed by atoms with Gasteiger partial charge in [-0.05, 0) is 25.0 Å². The van der Waals surface area contributed by atoms with E-state index in [2.05, 4.69) is 0 Å². The molecule has 0 bridgehead atoms. The molecule has 1 aromatic carbocycles. The average Bonchev–Trinajstić information content (AvgIpc) is 2.81. The first-order chi connectivity index (χ1) is 8.14. The SMILES string of the molecule is COc1c(F)ccc(F)c1C1(CN)CCCC1. The zero-order chi connectivity index (χ0) is 12.5. The summed E-state index contributed by atoms with van der Waals surface area (Å²) in [5.41, 5.74) is 5.66. The fourth-order valence-electron chi connectivity index (χ4n) is 2.83. The molecule has 0 unspecified atom stereocenters. The van der Waals surface area contributed by atoms with Crippen molar-refractivity contribution in [3.8, 4) is 5.75 Å². The Balaban J connectivity index is 2.60. The average molecular weight is 241 g/mol. The van der Waals surface area contributed by atoms with Gasteiger partial charge in [-0.25, -0.2) is 8.78 Å². The van der Waals surface area contributed by atoms with Gasteiger partial charge in [0.25, 0.3) is 0 Å². The van der Waals surface area contributed by atoms with Gasteiger partial charge in [-0.3, -0.25) is 0 Å². The molecule has 0 aliphatic heterocycles. The van der Waals surface area contributed by atoms with Crippen LogP contribution in [-0.2, 0) is 5.41 Å². The van der Waals surface area contributed by atoms with E-state index >= 15 is 0 Å². The van der Waals surface area contributed by atoms with Crippen molar-refractivity contribution in [2.75, 3.05) is 13.7 Å². The smallest absolute Gasteiger partial charge is 0.165 e. The highest BCUT2D eigenvalue weighted by Gasteiger charge is 2.39. The summed E-state index contributed by atoms with van der Waals surface area (Å²) in [4.78, 5) is 0. The van der Waals surface area contributed by atoms with E-state index in [1.54, 1.807) is 0 Å². The van der Waals surface area contributed by atoms with Crippen LogP contribution in [0.15, 0.2) is 12.1 Å². The van der Waals surface area contributed by atoms with E-state index in [0.29, 0.717) is 12.1 Å². The third kappa shape index (κ3) is 1.90. The quantitative estimate of drug-likeness (QED) is 0.883. The molecule has 0 radical (unpaired) electrons. The largest absolute Gasteiger partial charge is 0.493 e. The van der Waals surface area contributed by atoms with Gasteiger partial charge in [-0.15, -0.1) is 0 Å². The molecule has 2 N–H and O–H groups in total. The Morgan fingerprint density at radius 1 is 1.24 bits per heavy atom. The van der Waals surface area contributed by atoms with Gasteiger partial charge in [0.1, 0.15) is 5.82 Å². The van der Waals surface area contributed by atoms with Crippen LogP contribution in [0, 0.1) is 11.6 Å². The Hall–Kier alpha value is -1.16. The van der Waals surface area contributed by atoms with Crippen LogP contribution in [0.3, 0.4) is 0 Å². The molecule has 0 aromatic heterocycles. The summed E-state index contributed by atoms with van der Waals surface area (Å²) in [7, 11) is 1.36. The van der Waals surface area contributed by atoms with E-state index in [-0.39, 0.29) is 5.75 Å². The monoisotopic (exact) mass is 241 g/mol. The van der Waals surface area contributed by atoms with Gasteiger partial charge < -0.3 is 10.5 Å². The minimum absolute atomic E-state index is 0.0114. The summed E-state index contributed by atoms with van der Waals surface area (Å²) in [5.74, 6) is -0.934. The summed E-state index contributed by atoms with van der Waals surface area (Å²) in [5, 5.41) is 0. The number of nitrogens with two attached hydrogens (primary N) is 1. The summed E-state index contributed by atoms with van der Waals surface area (Å²) >= 11 is 0. The number of rotatable bonds is 3. The van der Waals surface area contributed by atoms with E-state index in [1.807, 2.05) is 0 Å². The third-order valence-corrected chi connectivity index (χ3v) is 3.74. The Kier molecular flexibility index (Phi) is 3.33. The Morgan fingerprint density at radius 3 is 2.35 bits per heavy atom. The molecule has 0 spiro atoms. The molecule has 0 amide bonds. The van der Waals surface area contributed by atoms with Gasteiger partial charge in [0.2, 0.25) is 0 Å². The molecular weight excluding hydrogens is 224 g/mol. The van der Waals surface area contributed by atoms with Crippen LogP contribution in [0.4, 0.5) is 8.78 Å². The lowest BCUT2D eigenvalue weighted by atomic mass is 9.78. The molecule has 2 nitrogen and oxygen atoms in total. The van der Waals surface area contributed by atoms with Crippen molar-refractivity contribution in [2.24, 2.45) is 5.73 Å². The van der Waals surface area contributed by atoms with Crippen LogP contribution in [0.25, 0.3) is 0 Å². The molecule has 1 aliphatic carbocycles. The van der Waals surface area contributed by atoms with Crippen molar-refractivity contribution in [3.63, 3.8) is 0 Å². The van der Waals surface area contributed by atoms with Gasteiger partial charge in [0.15, 0.2) is 11.6 Å². The van der Waals surface area contributed by atoms with Crippen molar-refractivity contribution in [1.82, 2.24) is 0 Å². The maximum absolute atomic E-state index is 14.0. The Morgan fingerprint density at radius 2 is 1.82 bits per heavy atom. The highest BCUT2D eigenvalue weighted by atomic mass is 19.1.